The van der Waals surface area contributed by atoms with Gasteiger partial charge in [-0.25, -0.2) is 18.1 Å². The minimum atomic E-state index is -3.63. The van der Waals surface area contributed by atoms with Gasteiger partial charge in [0.25, 0.3) is 10.0 Å². The number of hydrogen-bond donors (Lipinski definition) is 2. The lowest BCUT2D eigenvalue weighted by Gasteiger charge is -2.11. The fourth-order valence-electron chi connectivity index (χ4n) is 1.71. The average Bonchev–Trinajstić information content (AvgIpc) is 2.86. The van der Waals surface area contributed by atoms with E-state index >= 15 is 0 Å². The van der Waals surface area contributed by atoms with E-state index in [2.05, 4.69) is 9.71 Å². The number of anilines is 1. The summed E-state index contributed by atoms with van der Waals surface area (Å²) < 4.78 is 28.7. The maximum Gasteiger partial charge on any atom is 0.260 e. The Morgan fingerprint density at radius 1 is 1.63 bits per heavy atom. The Morgan fingerprint density at radius 2 is 2.37 bits per heavy atom. The number of rotatable bonds is 6. The molecule has 0 aliphatic carbocycles. The molecule has 0 aromatic carbocycles. The van der Waals surface area contributed by atoms with Crippen LogP contribution in [0.15, 0.2) is 16.6 Å². The highest BCUT2D eigenvalue weighted by Gasteiger charge is 2.24. The van der Waals surface area contributed by atoms with Gasteiger partial charge in [0.15, 0.2) is 15.8 Å². The second kappa shape index (κ2) is 5.70. The van der Waals surface area contributed by atoms with Crippen LogP contribution < -0.4 is 10.5 Å². The number of aromatic nitrogens is 2. The number of nitrogens with one attached hydrogen (secondary N) is 1. The van der Waals surface area contributed by atoms with Crippen molar-refractivity contribution in [2.45, 2.75) is 11.9 Å². The van der Waals surface area contributed by atoms with Crippen LogP contribution in [0.3, 0.4) is 0 Å². The lowest BCUT2D eigenvalue weighted by Crippen LogP contribution is -2.30. The van der Waals surface area contributed by atoms with Gasteiger partial charge in [-0.05, 0) is 17.9 Å². The number of nitrogen functional groups attached to an aromatic ring is 1. The molecule has 0 aliphatic rings. The summed E-state index contributed by atoms with van der Waals surface area (Å²) in [5.41, 5.74) is 5.70. The van der Waals surface area contributed by atoms with Crippen molar-refractivity contribution in [1.82, 2.24) is 14.1 Å². The Morgan fingerprint density at radius 3 is 3.05 bits per heavy atom. The number of nitrogens with two attached hydrogens (primary N) is 1. The number of thioether (sulfide) groups is 1. The van der Waals surface area contributed by atoms with Gasteiger partial charge in [0.2, 0.25) is 0 Å². The minimum absolute atomic E-state index is 0.0279. The number of nitrogens with zero attached hydrogens (tertiary/aromatic N) is 2. The van der Waals surface area contributed by atoms with Crippen LogP contribution in [0.25, 0.3) is 4.96 Å². The van der Waals surface area contributed by atoms with Gasteiger partial charge in [0.1, 0.15) is 0 Å². The molecule has 2 heterocycles. The van der Waals surface area contributed by atoms with Crippen LogP contribution in [-0.2, 0) is 10.0 Å². The van der Waals surface area contributed by atoms with E-state index in [4.69, 9.17) is 5.73 Å². The fraction of sp³-hybridized carbons (Fsp3) is 0.500. The molecule has 1 atom stereocenters. The molecule has 0 bridgehead atoms. The van der Waals surface area contributed by atoms with E-state index in [1.54, 1.807) is 23.3 Å². The van der Waals surface area contributed by atoms with Crippen LogP contribution in [0, 0.1) is 5.92 Å². The summed E-state index contributed by atoms with van der Waals surface area (Å²) in [6.45, 7) is 2.39. The predicted molar refractivity (Wildman–Crippen MR) is 80.2 cm³/mol. The van der Waals surface area contributed by atoms with Crippen molar-refractivity contribution in [3.8, 4) is 0 Å². The first-order valence-corrected chi connectivity index (χ1v) is 9.41. The molecule has 2 aromatic rings. The first kappa shape index (κ1) is 14.6. The van der Waals surface area contributed by atoms with Gasteiger partial charge in [-0.3, -0.25) is 4.40 Å². The Kier molecular flexibility index (Phi) is 4.39. The fourth-order valence-corrected chi connectivity index (χ4v) is 4.55. The largest absolute Gasteiger partial charge is 0.381 e. The van der Waals surface area contributed by atoms with Crippen molar-refractivity contribution in [2.75, 3.05) is 24.3 Å². The van der Waals surface area contributed by atoms with E-state index in [1.165, 1.54) is 15.7 Å². The second-order valence-corrected chi connectivity index (χ2v) is 7.74. The molecule has 0 radical (unpaired) electrons. The van der Waals surface area contributed by atoms with E-state index in [1.807, 2.05) is 13.2 Å². The van der Waals surface area contributed by atoms with E-state index in [9.17, 15) is 8.42 Å². The summed E-state index contributed by atoms with van der Waals surface area (Å²) in [5.74, 6) is 1.20. The van der Waals surface area contributed by atoms with Crippen molar-refractivity contribution in [2.24, 2.45) is 5.92 Å². The molecule has 106 valence electrons. The SMILES string of the molecule is CSCC(C)CNS(=O)(=O)c1c(N)nc2sccn12. The molecule has 0 fully saturated rings. The van der Waals surface area contributed by atoms with Crippen molar-refractivity contribution in [3.05, 3.63) is 11.6 Å². The molecular formula is C10H16N4O2S3. The monoisotopic (exact) mass is 320 g/mol. The Bertz CT molecular complexity index is 661. The normalized spacial score (nSPS) is 14.0. The molecule has 0 spiro atoms. The number of hydrogen-bond acceptors (Lipinski definition) is 6. The summed E-state index contributed by atoms with van der Waals surface area (Å²) in [5, 5.41) is 1.80. The average molecular weight is 320 g/mol. The molecule has 0 saturated heterocycles. The van der Waals surface area contributed by atoms with Gasteiger partial charge >= 0.3 is 0 Å². The molecule has 9 heteroatoms. The maximum absolute atomic E-state index is 12.3. The van der Waals surface area contributed by atoms with Gasteiger partial charge in [0, 0.05) is 18.1 Å². The van der Waals surface area contributed by atoms with Crippen LogP contribution >= 0.6 is 23.1 Å². The summed E-state index contributed by atoms with van der Waals surface area (Å²) >= 11 is 3.04. The second-order valence-electron chi connectivity index (χ2n) is 4.27. The highest BCUT2D eigenvalue weighted by molar-refractivity contribution is 7.98. The first-order chi connectivity index (χ1) is 8.95. The highest BCUT2D eigenvalue weighted by Crippen LogP contribution is 2.23. The Hall–Kier alpha value is -0.770. The molecule has 0 amide bonds. The van der Waals surface area contributed by atoms with Crippen molar-refractivity contribution in [1.29, 1.82) is 0 Å². The Balaban J connectivity index is 2.24. The van der Waals surface area contributed by atoms with Crippen LogP contribution in [-0.4, -0.2) is 36.4 Å². The maximum atomic E-state index is 12.3. The molecule has 2 aromatic heterocycles. The summed E-state index contributed by atoms with van der Waals surface area (Å²) in [7, 11) is -3.63. The summed E-state index contributed by atoms with van der Waals surface area (Å²) in [6, 6.07) is 0. The molecule has 6 nitrogen and oxygen atoms in total. The van der Waals surface area contributed by atoms with Crippen molar-refractivity contribution >= 4 is 43.9 Å². The molecule has 19 heavy (non-hydrogen) atoms. The Labute approximate surface area is 120 Å². The summed E-state index contributed by atoms with van der Waals surface area (Å²) in [6.07, 6.45) is 3.65. The zero-order chi connectivity index (χ0) is 14.0. The first-order valence-electron chi connectivity index (χ1n) is 5.65. The lowest BCUT2D eigenvalue weighted by molar-refractivity contribution is 0.559. The van der Waals surface area contributed by atoms with E-state index in [-0.39, 0.29) is 16.8 Å². The number of thiazole rings is 1. The quantitative estimate of drug-likeness (QED) is 0.836. The third-order valence-corrected chi connectivity index (χ3v) is 5.69. The van der Waals surface area contributed by atoms with Gasteiger partial charge < -0.3 is 5.73 Å². The van der Waals surface area contributed by atoms with E-state index in [0.29, 0.717) is 11.5 Å². The van der Waals surface area contributed by atoms with Gasteiger partial charge in [-0.2, -0.15) is 11.8 Å². The predicted octanol–water partition coefficient (Wildman–Crippen LogP) is 1.26. The molecule has 2 rings (SSSR count). The third kappa shape index (κ3) is 3.04. The van der Waals surface area contributed by atoms with Crippen LogP contribution in [0.4, 0.5) is 5.82 Å². The third-order valence-electron chi connectivity index (χ3n) is 2.57. The number of fused-ring (bicyclic) bond motifs is 1. The van der Waals surface area contributed by atoms with E-state index < -0.39 is 10.0 Å². The number of imidazole rings is 1. The van der Waals surface area contributed by atoms with E-state index in [0.717, 1.165) is 5.75 Å². The molecule has 3 N–H and O–H groups in total. The topological polar surface area (TPSA) is 89.5 Å². The molecule has 0 aliphatic heterocycles. The van der Waals surface area contributed by atoms with Crippen LogP contribution in [0.1, 0.15) is 6.92 Å². The molecule has 0 saturated carbocycles. The summed E-state index contributed by atoms with van der Waals surface area (Å²) in [4.78, 5) is 4.62. The molecular weight excluding hydrogens is 304 g/mol. The minimum Gasteiger partial charge on any atom is -0.381 e. The highest BCUT2D eigenvalue weighted by atomic mass is 32.2. The zero-order valence-electron chi connectivity index (χ0n) is 10.7. The smallest absolute Gasteiger partial charge is 0.260 e. The standard InChI is InChI=1S/C10H16N4O2S3/c1-7(6-17-2)5-12-19(15,16)9-8(11)13-10-14(9)3-4-18-10/h3-4,7,12H,5-6,11H2,1-2H3. The van der Waals surface area contributed by atoms with Crippen molar-refractivity contribution in [3.63, 3.8) is 0 Å². The van der Waals surface area contributed by atoms with Gasteiger partial charge in [-0.15, -0.1) is 11.3 Å². The van der Waals surface area contributed by atoms with Gasteiger partial charge in [-0.1, -0.05) is 6.92 Å². The van der Waals surface area contributed by atoms with Crippen LogP contribution in [0.2, 0.25) is 0 Å². The van der Waals surface area contributed by atoms with Crippen LogP contribution in [0.5, 0.6) is 0 Å². The zero-order valence-corrected chi connectivity index (χ0v) is 13.1. The molecule has 1 unspecified atom stereocenters. The van der Waals surface area contributed by atoms with Gasteiger partial charge in [0.05, 0.1) is 0 Å². The lowest BCUT2D eigenvalue weighted by atomic mass is 10.2. The number of sulfonamides is 1. The van der Waals surface area contributed by atoms with Crippen molar-refractivity contribution < 1.29 is 8.42 Å².